The maximum atomic E-state index is 12.6. The molecule has 4 saturated heterocycles. The van der Waals surface area contributed by atoms with E-state index in [-0.39, 0.29) is 65.8 Å². The molecule has 5 heterocycles. The lowest BCUT2D eigenvalue weighted by atomic mass is 9.43. The normalized spacial score (nSPS) is 55.7. The van der Waals surface area contributed by atoms with Gasteiger partial charge in [-0.3, -0.25) is 0 Å². The number of hydrogen-bond donors (Lipinski definition) is 3. The summed E-state index contributed by atoms with van der Waals surface area (Å²) in [5.74, 6) is 1.18. The van der Waals surface area contributed by atoms with E-state index < -0.39 is 61.1 Å². The lowest BCUT2D eigenvalue weighted by molar-refractivity contribution is -0.334. The molecule has 8 fully saturated rings. The molecule has 21 atom stereocenters. The predicted molar refractivity (Wildman–Crippen MR) is 198 cm³/mol. The third kappa shape index (κ3) is 6.84. The van der Waals surface area contributed by atoms with Crippen molar-refractivity contribution in [2.24, 2.45) is 34.5 Å². The molecule has 0 radical (unpaired) electrons. The van der Waals surface area contributed by atoms with E-state index in [0.717, 1.165) is 63.4 Å². The summed E-state index contributed by atoms with van der Waals surface area (Å²) in [6.45, 7) is 12.7. The minimum Gasteiger partial charge on any atom is -0.458 e. The van der Waals surface area contributed by atoms with Gasteiger partial charge in [0.15, 0.2) is 25.2 Å². The maximum Gasteiger partial charge on any atom is 0.331 e. The topological polar surface area (TPSA) is 161 Å². The van der Waals surface area contributed by atoms with E-state index in [1.54, 1.807) is 6.08 Å². The molecule has 3 N–H and O–H groups in total. The zero-order valence-electron chi connectivity index (χ0n) is 34.1. The first-order valence-electron chi connectivity index (χ1n) is 21.8. The number of ether oxygens (including phenoxy) is 9. The Bertz CT molecular complexity index is 1470. The molecule has 4 aliphatic carbocycles. The van der Waals surface area contributed by atoms with Crippen molar-refractivity contribution >= 4 is 5.97 Å². The SMILES string of the molecule is CC1OC2CC(OC3C(O)CC(OC4C(O)CC(OC5CCC6(C)C(CCC7C6CCC6(C)C(C8=CC(=O)OC8)CCC76O)C5)OC4C)OC3C)OC(C)C2O1. The number of aliphatic hydroxyl groups is 3. The average molecular weight is 791 g/mol. The second-order valence-electron chi connectivity index (χ2n) is 19.5. The van der Waals surface area contributed by atoms with Crippen molar-refractivity contribution in [2.45, 2.75) is 210 Å². The van der Waals surface area contributed by atoms with Crippen LogP contribution in [0.25, 0.3) is 0 Å². The Hall–Kier alpha value is -1.23. The Morgan fingerprint density at radius 2 is 1.36 bits per heavy atom. The van der Waals surface area contributed by atoms with Crippen LogP contribution in [-0.2, 0) is 47.4 Å². The van der Waals surface area contributed by atoms with Gasteiger partial charge in [0.05, 0.1) is 48.3 Å². The summed E-state index contributed by atoms with van der Waals surface area (Å²) in [6, 6.07) is 0. The lowest BCUT2D eigenvalue weighted by Crippen LogP contribution is -2.62. The second kappa shape index (κ2) is 15.0. The molecule has 56 heavy (non-hydrogen) atoms. The molecule has 5 aliphatic heterocycles. The summed E-state index contributed by atoms with van der Waals surface area (Å²) in [7, 11) is 0. The van der Waals surface area contributed by atoms with Gasteiger partial charge in [0.25, 0.3) is 0 Å². The molecule has 0 aromatic rings. The highest BCUT2D eigenvalue weighted by Gasteiger charge is 2.68. The highest BCUT2D eigenvalue weighted by atomic mass is 16.8. The Balaban J connectivity index is 0.758. The van der Waals surface area contributed by atoms with Gasteiger partial charge in [-0.05, 0) is 120 Å². The minimum absolute atomic E-state index is 0.0407. The van der Waals surface area contributed by atoms with Gasteiger partial charge >= 0.3 is 5.97 Å². The highest BCUT2D eigenvalue weighted by Crippen LogP contribution is 2.70. The van der Waals surface area contributed by atoms with Gasteiger partial charge in [0.2, 0.25) is 0 Å². The van der Waals surface area contributed by atoms with Gasteiger partial charge in [-0.25, -0.2) is 4.79 Å². The number of cyclic esters (lactones) is 1. The monoisotopic (exact) mass is 790 g/mol. The molecule has 4 saturated carbocycles. The van der Waals surface area contributed by atoms with Crippen molar-refractivity contribution in [1.82, 2.24) is 0 Å². The van der Waals surface area contributed by atoms with Gasteiger partial charge in [-0.15, -0.1) is 0 Å². The van der Waals surface area contributed by atoms with Crippen molar-refractivity contribution in [2.75, 3.05) is 6.61 Å². The molecule has 0 spiro atoms. The minimum atomic E-state index is -0.854. The van der Waals surface area contributed by atoms with Crippen LogP contribution in [-0.4, -0.2) is 120 Å². The summed E-state index contributed by atoms with van der Waals surface area (Å²) in [5.41, 5.74) is 0.250. The van der Waals surface area contributed by atoms with Gasteiger partial charge in [0, 0.05) is 30.8 Å². The summed E-state index contributed by atoms with van der Waals surface area (Å²) < 4.78 is 54.8. The molecule has 13 heteroatoms. The predicted octanol–water partition coefficient (Wildman–Crippen LogP) is 4.66. The molecule has 9 aliphatic rings. The van der Waals surface area contributed by atoms with Crippen molar-refractivity contribution in [1.29, 1.82) is 0 Å². The van der Waals surface area contributed by atoms with E-state index in [4.69, 9.17) is 42.6 Å². The lowest BCUT2D eigenvalue weighted by Gasteiger charge is -2.64. The Kier molecular flexibility index (Phi) is 10.8. The molecule has 9 rings (SSSR count). The van der Waals surface area contributed by atoms with Crippen LogP contribution in [0.15, 0.2) is 11.6 Å². The zero-order valence-corrected chi connectivity index (χ0v) is 34.1. The summed E-state index contributed by atoms with van der Waals surface area (Å²) in [4.78, 5) is 11.9. The van der Waals surface area contributed by atoms with E-state index in [2.05, 4.69) is 13.8 Å². The van der Waals surface area contributed by atoms with E-state index in [1.807, 2.05) is 27.7 Å². The Labute approximate surface area is 331 Å². The number of aliphatic hydroxyl groups excluding tert-OH is 2. The number of hydrogen-bond acceptors (Lipinski definition) is 13. The van der Waals surface area contributed by atoms with Crippen molar-refractivity contribution in [3.63, 3.8) is 0 Å². The van der Waals surface area contributed by atoms with Crippen LogP contribution >= 0.6 is 0 Å². The van der Waals surface area contributed by atoms with Crippen LogP contribution in [0.3, 0.4) is 0 Å². The Morgan fingerprint density at radius 3 is 2.02 bits per heavy atom. The van der Waals surface area contributed by atoms with Crippen LogP contribution in [0, 0.1) is 34.5 Å². The molecular weight excluding hydrogens is 724 g/mol. The molecule has 0 amide bonds. The van der Waals surface area contributed by atoms with E-state index in [9.17, 15) is 20.1 Å². The first kappa shape index (κ1) is 40.2. The van der Waals surface area contributed by atoms with E-state index in [1.165, 1.54) is 0 Å². The van der Waals surface area contributed by atoms with E-state index in [0.29, 0.717) is 31.3 Å². The maximum absolute atomic E-state index is 12.6. The molecule has 21 unspecified atom stereocenters. The zero-order chi connectivity index (χ0) is 39.3. The summed E-state index contributed by atoms with van der Waals surface area (Å²) in [5, 5.41) is 35.1. The molecule has 0 aromatic carbocycles. The van der Waals surface area contributed by atoms with Crippen LogP contribution in [0.2, 0.25) is 0 Å². The number of rotatable bonds is 7. The van der Waals surface area contributed by atoms with Crippen molar-refractivity contribution in [3.8, 4) is 0 Å². The molecule has 13 nitrogen and oxygen atoms in total. The van der Waals surface area contributed by atoms with E-state index >= 15 is 0 Å². The number of fused-ring (bicyclic) bond motifs is 6. The first-order chi connectivity index (χ1) is 26.6. The fraction of sp³-hybridized carbons (Fsp3) is 0.930. The van der Waals surface area contributed by atoms with Gasteiger partial charge in [-0.2, -0.15) is 0 Å². The quantitative estimate of drug-likeness (QED) is 0.242. The van der Waals surface area contributed by atoms with Crippen LogP contribution in [0.4, 0.5) is 0 Å². The van der Waals surface area contributed by atoms with Gasteiger partial charge in [-0.1, -0.05) is 13.8 Å². The third-order valence-electron chi connectivity index (χ3n) is 16.5. The van der Waals surface area contributed by atoms with Crippen LogP contribution in [0.5, 0.6) is 0 Å². The number of esters is 1. The fourth-order valence-corrected chi connectivity index (χ4v) is 13.6. The van der Waals surface area contributed by atoms with Gasteiger partial charge < -0.3 is 58.0 Å². The van der Waals surface area contributed by atoms with Crippen LogP contribution in [0.1, 0.15) is 119 Å². The fourth-order valence-electron chi connectivity index (χ4n) is 13.6. The molecule has 0 bridgehead atoms. The first-order valence-corrected chi connectivity index (χ1v) is 21.8. The largest absolute Gasteiger partial charge is 0.458 e. The summed E-state index contributed by atoms with van der Waals surface area (Å²) >= 11 is 0. The molecular formula is C43H66O13. The third-order valence-corrected chi connectivity index (χ3v) is 16.5. The van der Waals surface area contributed by atoms with Gasteiger partial charge in [0.1, 0.15) is 24.9 Å². The Morgan fingerprint density at radius 1 is 0.696 bits per heavy atom. The highest BCUT2D eigenvalue weighted by molar-refractivity contribution is 5.85. The van der Waals surface area contributed by atoms with Crippen molar-refractivity contribution in [3.05, 3.63) is 11.6 Å². The van der Waals surface area contributed by atoms with Crippen LogP contribution < -0.4 is 0 Å². The number of carbonyl (C=O) groups is 1. The van der Waals surface area contributed by atoms with Crippen molar-refractivity contribution < 1.29 is 62.7 Å². The smallest absolute Gasteiger partial charge is 0.331 e. The average Bonchev–Trinajstić information content (AvgIpc) is 3.82. The number of carbonyl (C=O) groups excluding carboxylic acids is 1. The molecule has 0 aromatic heterocycles. The second-order valence-corrected chi connectivity index (χ2v) is 19.5. The molecule has 316 valence electrons. The standard InChI is InChI=1S/C43H66O13/c1-21-38(55-36-18-32(45)39(22(2)50-36)56-37-19-33-40(23(3)51-37)53-24(4)52-33)31(44)17-35(49-21)54-27-9-12-41(5)26(16-27)7-8-30-29(41)10-13-42(6)28(11-14-43(30,42)47)25-15-34(46)48-20-25/h15,21-24,26-33,35-40,44-45,47H,7-14,16-20H2,1-6H3. The summed E-state index contributed by atoms with van der Waals surface area (Å²) in [6.07, 6.45) is 5.07.